The quantitative estimate of drug-likeness (QED) is 0.558. The van der Waals surface area contributed by atoms with Gasteiger partial charge in [-0.1, -0.05) is 13.8 Å². The maximum atomic E-state index is 3.70. The lowest BCUT2D eigenvalue weighted by Gasteiger charge is -2.19. The Bertz CT molecular complexity index is 48.9. The molecule has 0 unspecified atom stereocenters. The minimum Gasteiger partial charge on any atom is -0.255 e. The van der Waals surface area contributed by atoms with Crippen molar-refractivity contribution in [3.05, 3.63) is 6.92 Å². The van der Waals surface area contributed by atoms with E-state index in [1.807, 2.05) is 0 Å². The molecule has 0 saturated heterocycles. The zero-order valence-corrected chi connectivity index (χ0v) is 6.48. The average Bonchev–Trinajstić information content (AvgIpc) is 1.88. The highest BCUT2D eigenvalue weighted by atomic mass is 15.5. The summed E-state index contributed by atoms with van der Waals surface area (Å²) in [6.45, 7) is 11.0. The molecule has 0 aliphatic heterocycles. The fourth-order valence-corrected chi connectivity index (χ4v) is 0.777. The van der Waals surface area contributed by atoms with Gasteiger partial charge in [0.05, 0.1) is 0 Å². The molecule has 0 aliphatic rings. The third-order valence-electron chi connectivity index (χ3n) is 1.21. The predicted molar refractivity (Wildman–Crippen MR) is 40.9 cm³/mol. The summed E-state index contributed by atoms with van der Waals surface area (Å²) in [7, 11) is 0. The Kier molecular flexibility index (Phi) is 5.99. The van der Waals surface area contributed by atoms with Crippen LogP contribution >= 0.6 is 0 Å². The van der Waals surface area contributed by atoms with Crippen molar-refractivity contribution in [2.45, 2.75) is 20.3 Å². The van der Waals surface area contributed by atoms with Gasteiger partial charge in [0.2, 0.25) is 0 Å². The number of hydrogen-bond acceptors (Lipinski definition) is 2. The third kappa shape index (κ3) is 4.43. The Morgan fingerprint density at radius 3 is 2.44 bits per heavy atom. The number of hydrogen-bond donors (Lipinski definition) is 1. The van der Waals surface area contributed by atoms with Crippen LogP contribution in [-0.4, -0.2) is 24.6 Å². The van der Waals surface area contributed by atoms with Crippen LogP contribution in [-0.2, 0) is 0 Å². The molecule has 0 atom stereocenters. The molecule has 0 rings (SSSR count). The molecule has 0 aromatic rings. The lowest BCUT2D eigenvalue weighted by Crippen LogP contribution is -2.38. The SMILES string of the molecule is [CH2]CNN(CC)CCC. The summed E-state index contributed by atoms with van der Waals surface area (Å²) in [5.41, 5.74) is 3.16. The van der Waals surface area contributed by atoms with Gasteiger partial charge in [-0.2, -0.15) is 0 Å². The molecule has 1 N–H and O–H groups in total. The van der Waals surface area contributed by atoms with Gasteiger partial charge in [0, 0.05) is 19.6 Å². The molecule has 55 valence electrons. The van der Waals surface area contributed by atoms with Crippen LogP contribution in [0.2, 0.25) is 0 Å². The van der Waals surface area contributed by atoms with Gasteiger partial charge in [-0.05, 0) is 13.3 Å². The van der Waals surface area contributed by atoms with E-state index in [4.69, 9.17) is 0 Å². The molecule has 0 aromatic heterocycles. The topological polar surface area (TPSA) is 15.3 Å². The summed E-state index contributed by atoms with van der Waals surface area (Å²) in [5, 5.41) is 2.17. The second-order valence-corrected chi connectivity index (χ2v) is 1.99. The summed E-state index contributed by atoms with van der Waals surface area (Å²) < 4.78 is 0. The molecular formula is C7H17N2. The van der Waals surface area contributed by atoms with E-state index in [-0.39, 0.29) is 0 Å². The van der Waals surface area contributed by atoms with Crippen molar-refractivity contribution < 1.29 is 0 Å². The van der Waals surface area contributed by atoms with Crippen LogP contribution < -0.4 is 5.43 Å². The molecule has 0 spiro atoms. The zero-order valence-electron chi connectivity index (χ0n) is 6.48. The van der Waals surface area contributed by atoms with Gasteiger partial charge < -0.3 is 0 Å². The molecule has 0 bridgehead atoms. The summed E-state index contributed by atoms with van der Waals surface area (Å²) in [5.74, 6) is 0. The number of nitrogens with zero attached hydrogens (tertiary/aromatic N) is 1. The Morgan fingerprint density at radius 2 is 2.11 bits per heavy atom. The fraction of sp³-hybridized carbons (Fsp3) is 0.857. The molecule has 2 heteroatoms. The molecular weight excluding hydrogens is 112 g/mol. The Hall–Kier alpha value is -0.0800. The zero-order chi connectivity index (χ0) is 7.11. The minimum absolute atomic E-state index is 0.786. The third-order valence-corrected chi connectivity index (χ3v) is 1.21. The van der Waals surface area contributed by atoms with Crippen LogP contribution in [0.1, 0.15) is 20.3 Å². The van der Waals surface area contributed by atoms with E-state index in [9.17, 15) is 0 Å². The first kappa shape index (κ1) is 8.92. The number of hydrazine groups is 1. The lowest BCUT2D eigenvalue weighted by atomic mass is 10.4. The van der Waals surface area contributed by atoms with E-state index in [0.29, 0.717) is 0 Å². The Morgan fingerprint density at radius 1 is 1.44 bits per heavy atom. The molecule has 9 heavy (non-hydrogen) atoms. The predicted octanol–water partition coefficient (Wildman–Crippen LogP) is 1.06. The molecule has 1 radical (unpaired) electrons. The van der Waals surface area contributed by atoms with Gasteiger partial charge in [0.25, 0.3) is 0 Å². The van der Waals surface area contributed by atoms with Crippen LogP contribution in [0.15, 0.2) is 0 Å². The standard InChI is InChI=1S/C7H17N2/c1-4-7-9(6-3)8-5-2/h8H,2,4-7H2,1,3H3. The summed E-state index contributed by atoms with van der Waals surface area (Å²) in [4.78, 5) is 0. The van der Waals surface area contributed by atoms with Crippen LogP contribution in [0, 0.1) is 6.92 Å². The van der Waals surface area contributed by atoms with E-state index in [1.165, 1.54) is 6.42 Å². The Balaban J connectivity index is 3.18. The second kappa shape index (κ2) is 6.05. The van der Waals surface area contributed by atoms with Crippen molar-refractivity contribution in [2.75, 3.05) is 19.6 Å². The first-order valence-corrected chi connectivity index (χ1v) is 3.62. The summed E-state index contributed by atoms with van der Waals surface area (Å²) >= 11 is 0. The van der Waals surface area contributed by atoms with Crippen LogP contribution in [0.3, 0.4) is 0 Å². The highest BCUT2D eigenvalue weighted by molar-refractivity contribution is 4.48. The fourth-order valence-electron chi connectivity index (χ4n) is 0.777. The molecule has 0 fully saturated rings. The minimum atomic E-state index is 0.786. The van der Waals surface area contributed by atoms with E-state index < -0.39 is 0 Å². The summed E-state index contributed by atoms with van der Waals surface area (Å²) in [6, 6.07) is 0. The van der Waals surface area contributed by atoms with Crippen molar-refractivity contribution in [3.63, 3.8) is 0 Å². The van der Waals surface area contributed by atoms with Gasteiger partial charge in [-0.15, -0.1) is 0 Å². The first-order chi connectivity index (χ1) is 4.35. The normalized spacial score (nSPS) is 10.7. The van der Waals surface area contributed by atoms with Crippen molar-refractivity contribution in [3.8, 4) is 0 Å². The van der Waals surface area contributed by atoms with Crippen molar-refractivity contribution in [1.29, 1.82) is 0 Å². The maximum Gasteiger partial charge on any atom is 0.0128 e. The van der Waals surface area contributed by atoms with Gasteiger partial charge >= 0.3 is 0 Å². The Labute approximate surface area is 58.2 Å². The average molecular weight is 129 g/mol. The van der Waals surface area contributed by atoms with Gasteiger partial charge in [0.1, 0.15) is 0 Å². The van der Waals surface area contributed by atoms with Gasteiger partial charge in [-0.25, -0.2) is 5.01 Å². The first-order valence-electron chi connectivity index (χ1n) is 3.62. The van der Waals surface area contributed by atoms with E-state index in [0.717, 1.165) is 19.6 Å². The largest absolute Gasteiger partial charge is 0.255 e. The molecule has 0 aliphatic carbocycles. The maximum absolute atomic E-state index is 3.70. The van der Waals surface area contributed by atoms with Crippen molar-refractivity contribution in [1.82, 2.24) is 10.4 Å². The highest BCUT2D eigenvalue weighted by Crippen LogP contribution is 1.83. The van der Waals surface area contributed by atoms with Gasteiger partial charge in [0.15, 0.2) is 0 Å². The summed E-state index contributed by atoms with van der Waals surface area (Å²) in [6.07, 6.45) is 1.20. The molecule has 0 aromatic carbocycles. The monoisotopic (exact) mass is 129 g/mol. The van der Waals surface area contributed by atoms with E-state index in [1.54, 1.807) is 0 Å². The van der Waals surface area contributed by atoms with Crippen LogP contribution in [0.4, 0.5) is 0 Å². The second-order valence-electron chi connectivity index (χ2n) is 1.99. The van der Waals surface area contributed by atoms with Gasteiger partial charge in [-0.3, -0.25) is 5.43 Å². The van der Waals surface area contributed by atoms with E-state index >= 15 is 0 Å². The highest BCUT2D eigenvalue weighted by Gasteiger charge is 1.94. The molecule has 0 amide bonds. The molecule has 0 heterocycles. The smallest absolute Gasteiger partial charge is 0.0128 e. The number of rotatable bonds is 5. The number of nitrogens with one attached hydrogen (secondary N) is 1. The molecule has 0 saturated carbocycles. The van der Waals surface area contributed by atoms with Crippen LogP contribution in [0.5, 0.6) is 0 Å². The lowest BCUT2D eigenvalue weighted by molar-refractivity contribution is 0.208. The molecule has 2 nitrogen and oxygen atoms in total. The van der Waals surface area contributed by atoms with Crippen LogP contribution in [0.25, 0.3) is 0 Å². The van der Waals surface area contributed by atoms with E-state index in [2.05, 4.69) is 31.2 Å². The van der Waals surface area contributed by atoms with Crippen molar-refractivity contribution in [2.24, 2.45) is 0 Å². The van der Waals surface area contributed by atoms with Crippen molar-refractivity contribution >= 4 is 0 Å².